The summed E-state index contributed by atoms with van der Waals surface area (Å²) in [5.74, 6) is 0.296. The third kappa shape index (κ3) is 3.16. The van der Waals surface area contributed by atoms with Crippen LogP contribution < -0.4 is 5.32 Å². The lowest BCUT2D eigenvalue weighted by molar-refractivity contribution is -0.384. The summed E-state index contributed by atoms with van der Waals surface area (Å²) in [4.78, 5) is 14.4. The fraction of sp³-hybridized carbons (Fsp3) is 0.500. The standard InChI is InChI=1S/C10H15N3O3/c1-3-16-7-6-12-10-9(13(14)15)8(2)4-5-11-10/h4-5H,3,6-7H2,1-2H3,(H,11,12). The van der Waals surface area contributed by atoms with Crippen molar-refractivity contribution >= 4 is 11.5 Å². The van der Waals surface area contributed by atoms with Gasteiger partial charge < -0.3 is 10.1 Å². The molecule has 1 heterocycles. The van der Waals surface area contributed by atoms with Gasteiger partial charge in [0.25, 0.3) is 0 Å². The van der Waals surface area contributed by atoms with Crippen molar-refractivity contribution in [3.63, 3.8) is 0 Å². The molecule has 0 amide bonds. The summed E-state index contributed by atoms with van der Waals surface area (Å²) in [5, 5.41) is 13.7. The van der Waals surface area contributed by atoms with Gasteiger partial charge in [-0.25, -0.2) is 4.98 Å². The van der Waals surface area contributed by atoms with Crippen molar-refractivity contribution in [2.45, 2.75) is 13.8 Å². The fourth-order valence-electron chi connectivity index (χ4n) is 1.30. The van der Waals surface area contributed by atoms with Crippen LogP contribution in [0.2, 0.25) is 0 Å². The lowest BCUT2D eigenvalue weighted by Gasteiger charge is -2.07. The molecule has 6 heteroatoms. The van der Waals surface area contributed by atoms with E-state index in [0.29, 0.717) is 31.1 Å². The zero-order valence-corrected chi connectivity index (χ0v) is 9.40. The van der Waals surface area contributed by atoms with E-state index in [0.717, 1.165) is 0 Å². The average Bonchev–Trinajstić information content (AvgIpc) is 2.24. The zero-order chi connectivity index (χ0) is 12.0. The number of nitro groups is 1. The highest BCUT2D eigenvalue weighted by Gasteiger charge is 2.17. The van der Waals surface area contributed by atoms with E-state index in [-0.39, 0.29) is 5.69 Å². The molecule has 0 fully saturated rings. The summed E-state index contributed by atoms with van der Waals surface area (Å²) >= 11 is 0. The van der Waals surface area contributed by atoms with Gasteiger partial charge in [0.2, 0.25) is 5.82 Å². The van der Waals surface area contributed by atoms with Gasteiger partial charge in [-0.1, -0.05) is 0 Å². The fourth-order valence-corrected chi connectivity index (χ4v) is 1.30. The Morgan fingerprint density at radius 3 is 3.00 bits per heavy atom. The van der Waals surface area contributed by atoms with Crippen molar-refractivity contribution in [3.8, 4) is 0 Å². The summed E-state index contributed by atoms with van der Waals surface area (Å²) in [7, 11) is 0. The van der Waals surface area contributed by atoms with E-state index in [1.54, 1.807) is 19.2 Å². The van der Waals surface area contributed by atoms with Crippen LogP contribution in [0.3, 0.4) is 0 Å². The molecule has 0 bridgehead atoms. The van der Waals surface area contributed by atoms with Gasteiger partial charge in [0.1, 0.15) is 0 Å². The molecule has 0 atom stereocenters. The molecule has 88 valence electrons. The molecule has 0 aliphatic carbocycles. The van der Waals surface area contributed by atoms with Crippen LogP contribution in [0.5, 0.6) is 0 Å². The minimum atomic E-state index is -0.425. The Balaban J connectivity index is 2.71. The number of nitrogens with one attached hydrogen (secondary N) is 1. The van der Waals surface area contributed by atoms with Crippen LogP contribution in [0, 0.1) is 17.0 Å². The second-order valence-electron chi connectivity index (χ2n) is 3.21. The Morgan fingerprint density at radius 1 is 1.62 bits per heavy atom. The smallest absolute Gasteiger partial charge is 0.314 e. The van der Waals surface area contributed by atoms with Gasteiger partial charge in [0, 0.05) is 24.9 Å². The number of rotatable bonds is 6. The van der Waals surface area contributed by atoms with Gasteiger partial charge in [-0.05, 0) is 19.9 Å². The zero-order valence-electron chi connectivity index (χ0n) is 9.40. The maximum atomic E-state index is 10.8. The number of nitrogens with zero attached hydrogens (tertiary/aromatic N) is 2. The van der Waals surface area contributed by atoms with Crippen LogP contribution in [0.25, 0.3) is 0 Å². The SMILES string of the molecule is CCOCCNc1nccc(C)c1[N+](=O)[O-]. The van der Waals surface area contributed by atoms with Crippen LogP contribution >= 0.6 is 0 Å². The number of ether oxygens (including phenoxy) is 1. The van der Waals surface area contributed by atoms with Crippen LogP contribution in [0.4, 0.5) is 11.5 Å². The molecule has 0 saturated carbocycles. The van der Waals surface area contributed by atoms with E-state index in [9.17, 15) is 10.1 Å². The Morgan fingerprint density at radius 2 is 2.38 bits per heavy atom. The first-order valence-electron chi connectivity index (χ1n) is 5.08. The van der Waals surface area contributed by atoms with Crippen molar-refractivity contribution in [2.75, 3.05) is 25.1 Å². The first-order chi connectivity index (χ1) is 7.66. The van der Waals surface area contributed by atoms with Gasteiger partial charge >= 0.3 is 5.69 Å². The maximum absolute atomic E-state index is 10.8. The molecule has 1 aromatic heterocycles. The number of pyridine rings is 1. The van der Waals surface area contributed by atoms with Gasteiger partial charge in [0.15, 0.2) is 0 Å². The van der Waals surface area contributed by atoms with Crippen LogP contribution in [0.1, 0.15) is 12.5 Å². The van der Waals surface area contributed by atoms with E-state index in [2.05, 4.69) is 10.3 Å². The third-order valence-electron chi connectivity index (χ3n) is 2.05. The lowest BCUT2D eigenvalue weighted by atomic mass is 10.2. The minimum Gasteiger partial charge on any atom is -0.380 e. The minimum absolute atomic E-state index is 0.0269. The van der Waals surface area contributed by atoms with E-state index in [4.69, 9.17) is 4.74 Å². The highest BCUT2D eigenvalue weighted by atomic mass is 16.6. The van der Waals surface area contributed by atoms with Crippen molar-refractivity contribution in [2.24, 2.45) is 0 Å². The largest absolute Gasteiger partial charge is 0.380 e. The lowest BCUT2D eigenvalue weighted by Crippen LogP contribution is -2.12. The van der Waals surface area contributed by atoms with E-state index in [1.807, 2.05) is 6.92 Å². The molecule has 0 aliphatic rings. The monoisotopic (exact) mass is 225 g/mol. The maximum Gasteiger partial charge on any atom is 0.314 e. The highest BCUT2D eigenvalue weighted by Crippen LogP contribution is 2.24. The molecular formula is C10H15N3O3. The molecular weight excluding hydrogens is 210 g/mol. The molecule has 0 spiro atoms. The van der Waals surface area contributed by atoms with Gasteiger partial charge in [-0.3, -0.25) is 10.1 Å². The van der Waals surface area contributed by atoms with Crippen LogP contribution in [-0.4, -0.2) is 29.7 Å². The molecule has 0 unspecified atom stereocenters. The second kappa shape index (κ2) is 6.02. The summed E-state index contributed by atoms with van der Waals surface area (Å²) in [6, 6.07) is 1.62. The topological polar surface area (TPSA) is 77.3 Å². The highest BCUT2D eigenvalue weighted by molar-refractivity contribution is 5.59. The quantitative estimate of drug-likeness (QED) is 0.453. The molecule has 1 aromatic rings. The summed E-state index contributed by atoms with van der Waals surface area (Å²) < 4.78 is 5.13. The second-order valence-corrected chi connectivity index (χ2v) is 3.21. The number of anilines is 1. The van der Waals surface area contributed by atoms with Gasteiger partial charge in [-0.15, -0.1) is 0 Å². The Bertz CT molecular complexity index is 368. The number of aryl methyl sites for hydroxylation is 1. The van der Waals surface area contributed by atoms with Crippen molar-refractivity contribution in [3.05, 3.63) is 27.9 Å². The molecule has 1 N–H and O–H groups in total. The molecule has 0 saturated heterocycles. The summed E-state index contributed by atoms with van der Waals surface area (Å²) in [5.41, 5.74) is 0.623. The first-order valence-corrected chi connectivity index (χ1v) is 5.08. The molecule has 6 nitrogen and oxygen atoms in total. The summed E-state index contributed by atoms with van der Waals surface area (Å²) in [6.07, 6.45) is 1.55. The first kappa shape index (κ1) is 12.4. The van der Waals surface area contributed by atoms with E-state index >= 15 is 0 Å². The molecule has 0 aliphatic heterocycles. The predicted octanol–water partition coefficient (Wildman–Crippen LogP) is 1.75. The Hall–Kier alpha value is -1.69. The molecule has 0 aromatic carbocycles. The molecule has 1 rings (SSSR count). The van der Waals surface area contributed by atoms with Gasteiger partial charge in [0.05, 0.1) is 11.5 Å². The van der Waals surface area contributed by atoms with Crippen molar-refractivity contribution in [1.29, 1.82) is 0 Å². The van der Waals surface area contributed by atoms with Gasteiger partial charge in [-0.2, -0.15) is 0 Å². The normalized spacial score (nSPS) is 10.1. The number of hydrogen-bond acceptors (Lipinski definition) is 5. The van der Waals surface area contributed by atoms with Crippen LogP contribution in [0.15, 0.2) is 12.3 Å². The third-order valence-corrected chi connectivity index (χ3v) is 2.05. The predicted molar refractivity (Wildman–Crippen MR) is 60.6 cm³/mol. The number of hydrogen-bond donors (Lipinski definition) is 1. The molecule has 0 radical (unpaired) electrons. The average molecular weight is 225 g/mol. The van der Waals surface area contributed by atoms with Crippen molar-refractivity contribution in [1.82, 2.24) is 4.98 Å². The Labute approximate surface area is 93.8 Å². The summed E-state index contributed by atoms with van der Waals surface area (Å²) in [6.45, 7) is 5.22. The molecule has 16 heavy (non-hydrogen) atoms. The Kier molecular flexibility index (Phi) is 4.65. The van der Waals surface area contributed by atoms with E-state index < -0.39 is 4.92 Å². The van der Waals surface area contributed by atoms with Crippen molar-refractivity contribution < 1.29 is 9.66 Å². The number of aromatic nitrogens is 1. The van der Waals surface area contributed by atoms with E-state index in [1.165, 1.54) is 0 Å². The van der Waals surface area contributed by atoms with Crippen LogP contribution in [-0.2, 0) is 4.74 Å².